The SMILES string of the molecule is O=C(COC(F)(F)F)C(C[C@@H]1CCNC1=O)NC(=O)[C@@H]1[C@H]2CCC[C@H]2CN1C(=O)C(O)c1ccccc1F. The van der Waals surface area contributed by atoms with E-state index in [0.29, 0.717) is 19.4 Å². The minimum atomic E-state index is -5.07. The zero-order chi connectivity index (χ0) is 27.6. The molecule has 0 bridgehead atoms. The summed E-state index contributed by atoms with van der Waals surface area (Å²) in [4.78, 5) is 52.7. The number of fused-ring (bicyclic) bond motifs is 1. The van der Waals surface area contributed by atoms with Crippen LogP contribution in [0.15, 0.2) is 24.3 Å². The summed E-state index contributed by atoms with van der Waals surface area (Å²) in [6.07, 6.45) is -4.73. The number of carbonyl (C=O) groups is 4. The number of alkyl halides is 3. The Bertz CT molecular complexity index is 1080. The molecule has 1 aromatic carbocycles. The minimum absolute atomic E-state index is 0.0640. The van der Waals surface area contributed by atoms with Crippen LogP contribution in [0.4, 0.5) is 17.6 Å². The van der Waals surface area contributed by atoms with E-state index in [1.54, 1.807) is 0 Å². The number of halogens is 4. The van der Waals surface area contributed by atoms with Crippen LogP contribution < -0.4 is 10.6 Å². The molecular formula is C25H29F4N3O6. The van der Waals surface area contributed by atoms with Gasteiger partial charge in [-0.3, -0.25) is 23.9 Å². The number of aliphatic hydroxyl groups excluding tert-OH is 1. The van der Waals surface area contributed by atoms with Crippen molar-refractivity contribution in [3.05, 3.63) is 35.6 Å². The number of rotatable bonds is 9. The third-order valence-electron chi connectivity index (χ3n) is 7.64. The molecule has 0 spiro atoms. The van der Waals surface area contributed by atoms with E-state index in [1.807, 2.05) is 0 Å². The van der Waals surface area contributed by atoms with Gasteiger partial charge in [-0.15, -0.1) is 13.2 Å². The van der Waals surface area contributed by atoms with E-state index < -0.39 is 60.5 Å². The smallest absolute Gasteiger partial charge is 0.378 e. The van der Waals surface area contributed by atoms with Crippen molar-refractivity contribution >= 4 is 23.5 Å². The van der Waals surface area contributed by atoms with Crippen LogP contribution in [-0.4, -0.2) is 71.7 Å². The number of hydrogen-bond acceptors (Lipinski definition) is 6. The van der Waals surface area contributed by atoms with Crippen LogP contribution in [-0.2, 0) is 23.9 Å². The third-order valence-corrected chi connectivity index (χ3v) is 7.64. The van der Waals surface area contributed by atoms with Gasteiger partial charge in [0.25, 0.3) is 5.91 Å². The van der Waals surface area contributed by atoms with E-state index in [4.69, 9.17) is 0 Å². The Morgan fingerprint density at radius 1 is 1.18 bits per heavy atom. The highest BCUT2D eigenvalue weighted by Crippen LogP contribution is 2.43. The molecule has 0 radical (unpaired) electrons. The number of ether oxygens (including phenoxy) is 1. The average Bonchev–Trinajstić information content (AvgIpc) is 3.57. The number of ketones is 1. The highest BCUT2D eigenvalue weighted by Gasteiger charge is 2.51. The van der Waals surface area contributed by atoms with Gasteiger partial charge in [0.1, 0.15) is 18.5 Å². The predicted octanol–water partition coefficient (Wildman–Crippen LogP) is 1.60. The second-order valence-corrected chi connectivity index (χ2v) is 9.99. The van der Waals surface area contributed by atoms with Crippen molar-refractivity contribution in [1.29, 1.82) is 0 Å². The molecular weight excluding hydrogens is 514 g/mol. The first-order chi connectivity index (χ1) is 18.0. The second kappa shape index (κ2) is 11.4. The Labute approximate surface area is 215 Å². The fourth-order valence-electron chi connectivity index (χ4n) is 5.79. The monoisotopic (exact) mass is 543 g/mol. The molecule has 0 aromatic heterocycles. The number of aliphatic hydroxyl groups is 1. The maximum absolute atomic E-state index is 14.2. The first-order valence-corrected chi connectivity index (χ1v) is 12.5. The average molecular weight is 544 g/mol. The van der Waals surface area contributed by atoms with Crippen molar-refractivity contribution in [3.63, 3.8) is 0 Å². The van der Waals surface area contributed by atoms with Crippen molar-refractivity contribution in [3.8, 4) is 0 Å². The summed E-state index contributed by atoms with van der Waals surface area (Å²) in [5.41, 5.74) is -0.252. The van der Waals surface area contributed by atoms with E-state index in [-0.39, 0.29) is 36.3 Å². The van der Waals surface area contributed by atoms with Crippen LogP contribution >= 0.6 is 0 Å². The van der Waals surface area contributed by atoms with E-state index in [1.165, 1.54) is 18.2 Å². The van der Waals surface area contributed by atoms with Crippen LogP contribution in [0, 0.1) is 23.6 Å². The zero-order valence-electron chi connectivity index (χ0n) is 20.4. The highest BCUT2D eigenvalue weighted by molar-refractivity contribution is 5.95. The molecule has 38 heavy (non-hydrogen) atoms. The Hall–Kier alpha value is -3.06. The number of carbonyl (C=O) groups excluding carboxylic acids is 4. The van der Waals surface area contributed by atoms with Crippen molar-refractivity contribution in [2.45, 2.75) is 56.7 Å². The van der Waals surface area contributed by atoms with Crippen LogP contribution in [0.2, 0.25) is 0 Å². The third kappa shape index (κ3) is 6.15. The molecule has 6 atom stereocenters. The molecule has 1 aromatic rings. The van der Waals surface area contributed by atoms with Crippen molar-refractivity contribution in [1.82, 2.24) is 15.5 Å². The summed E-state index contributed by atoms with van der Waals surface area (Å²) in [5, 5.41) is 15.7. The Morgan fingerprint density at radius 2 is 1.92 bits per heavy atom. The number of nitrogens with one attached hydrogen (secondary N) is 2. The molecule has 9 nitrogen and oxygen atoms in total. The van der Waals surface area contributed by atoms with Gasteiger partial charge in [0.15, 0.2) is 11.9 Å². The summed E-state index contributed by atoms with van der Waals surface area (Å²) >= 11 is 0. The van der Waals surface area contributed by atoms with E-state index in [0.717, 1.165) is 23.8 Å². The van der Waals surface area contributed by atoms with Gasteiger partial charge >= 0.3 is 6.36 Å². The van der Waals surface area contributed by atoms with Gasteiger partial charge in [-0.2, -0.15) is 0 Å². The maximum atomic E-state index is 14.2. The van der Waals surface area contributed by atoms with Crippen LogP contribution in [0.1, 0.15) is 43.8 Å². The number of hydrogen-bond donors (Lipinski definition) is 3. The zero-order valence-corrected chi connectivity index (χ0v) is 20.4. The Balaban J connectivity index is 1.54. The second-order valence-electron chi connectivity index (χ2n) is 9.99. The fraction of sp³-hybridized carbons (Fsp3) is 0.600. The standard InChI is InChI=1S/C25H29F4N3O6/c26-17-7-2-1-5-16(17)21(34)24(37)32-11-14-4-3-6-15(14)20(32)23(36)31-18(10-13-8-9-30-22(13)35)19(33)12-38-25(27,28)29/h1-2,5,7,13-15,18,20-21,34H,3-4,6,8-12H2,(H,30,35)(H,31,36)/t13-,14-,15-,18?,20-,21?/m0/s1. The molecule has 3 N–H and O–H groups in total. The van der Waals surface area contributed by atoms with Gasteiger partial charge in [-0.05, 0) is 43.6 Å². The molecule has 3 amide bonds. The van der Waals surface area contributed by atoms with Gasteiger partial charge in [0, 0.05) is 24.6 Å². The number of benzene rings is 1. The molecule has 2 unspecified atom stereocenters. The summed E-state index contributed by atoms with van der Waals surface area (Å²) < 4.78 is 55.6. The molecule has 208 valence electrons. The van der Waals surface area contributed by atoms with Gasteiger partial charge in [-0.1, -0.05) is 24.6 Å². The van der Waals surface area contributed by atoms with Gasteiger partial charge in [0.05, 0.1) is 6.04 Å². The minimum Gasteiger partial charge on any atom is -0.378 e. The van der Waals surface area contributed by atoms with Crippen LogP contribution in [0.3, 0.4) is 0 Å². The summed E-state index contributed by atoms with van der Waals surface area (Å²) in [6, 6.07) is 2.62. The summed E-state index contributed by atoms with van der Waals surface area (Å²) in [5.74, 6) is -4.97. The van der Waals surface area contributed by atoms with Crippen molar-refractivity contribution in [2.75, 3.05) is 19.7 Å². The van der Waals surface area contributed by atoms with E-state index in [9.17, 15) is 41.8 Å². The lowest BCUT2D eigenvalue weighted by Gasteiger charge is -2.30. The number of amides is 3. The Kier molecular flexibility index (Phi) is 8.36. The van der Waals surface area contributed by atoms with E-state index >= 15 is 0 Å². The quantitative estimate of drug-likeness (QED) is 0.407. The number of nitrogens with zero attached hydrogens (tertiary/aromatic N) is 1. The normalized spacial score (nSPS) is 26.6. The largest absolute Gasteiger partial charge is 0.522 e. The lowest BCUT2D eigenvalue weighted by molar-refractivity contribution is -0.321. The number of Topliss-reactive ketones (excluding diaryl/α,β-unsaturated/α-hetero) is 1. The topological polar surface area (TPSA) is 125 Å². The molecule has 2 aliphatic heterocycles. The molecule has 13 heteroatoms. The van der Waals surface area contributed by atoms with Crippen molar-refractivity contribution < 1.29 is 46.6 Å². The molecule has 4 rings (SSSR count). The first kappa shape index (κ1) is 28.0. The van der Waals surface area contributed by atoms with Crippen LogP contribution in [0.25, 0.3) is 0 Å². The highest BCUT2D eigenvalue weighted by atomic mass is 19.4. The fourth-order valence-corrected chi connectivity index (χ4v) is 5.79. The van der Waals surface area contributed by atoms with Gasteiger partial charge in [-0.25, -0.2) is 4.39 Å². The molecule has 2 saturated heterocycles. The van der Waals surface area contributed by atoms with Gasteiger partial charge in [0.2, 0.25) is 11.8 Å². The first-order valence-electron chi connectivity index (χ1n) is 12.5. The number of likely N-dealkylation sites (tertiary alicyclic amines) is 1. The predicted molar refractivity (Wildman–Crippen MR) is 122 cm³/mol. The van der Waals surface area contributed by atoms with Crippen molar-refractivity contribution in [2.24, 2.45) is 17.8 Å². The molecule has 2 heterocycles. The maximum Gasteiger partial charge on any atom is 0.522 e. The Morgan fingerprint density at radius 3 is 2.58 bits per heavy atom. The molecule has 3 fully saturated rings. The lowest BCUT2D eigenvalue weighted by atomic mass is 9.92. The molecule has 3 aliphatic rings. The van der Waals surface area contributed by atoms with Crippen LogP contribution in [0.5, 0.6) is 0 Å². The van der Waals surface area contributed by atoms with E-state index in [2.05, 4.69) is 15.4 Å². The molecule has 1 saturated carbocycles. The summed E-state index contributed by atoms with van der Waals surface area (Å²) in [7, 11) is 0. The molecule has 1 aliphatic carbocycles. The van der Waals surface area contributed by atoms with Gasteiger partial charge < -0.3 is 20.6 Å². The summed E-state index contributed by atoms with van der Waals surface area (Å²) in [6.45, 7) is -0.887. The lowest BCUT2D eigenvalue weighted by Crippen LogP contribution is -2.54.